The Kier molecular flexibility index (Phi) is 9.09. The van der Waals surface area contributed by atoms with Gasteiger partial charge in [0.25, 0.3) is 5.91 Å². The molecular weight excluding hydrogens is 433 g/mol. The lowest BCUT2D eigenvalue weighted by molar-refractivity contribution is 0.0824. The molecule has 2 aromatic carbocycles. The second-order valence-electron chi connectivity index (χ2n) is 7.51. The normalized spacial score (nSPS) is 13.5. The van der Waals surface area contributed by atoms with Crippen molar-refractivity contribution in [1.29, 1.82) is 0 Å². The Morgan fingerprint density at radius 2 is 1.90 bits per heavy atom. The number of hydrogen-bond acceptors (Lipinski definition) is 4. The predicted molar refractivity (Wildman–Crippen MR) is 124 cm³/mol. The molecule has 0 atom stereocenters. The molecule has 29 heavy (non-hydrogen) atoms. The maximum absolute atomic E-state index is 12.7. The number of anilines is 1. The van der Waals surface area contributed by atoms with Crippen molar-refractivity contribution >= 4 is 48.0 Å². The third kappa shape index (κ3) is 5.70. The smallest absolute Gasteiger partial charge is 0.255 e. The minimum absolute atomic E-state index is 0. The van der Waals surface area contributed by atoms with Gasteiger partial charge in [-0.1, -0.05) is 35.9 Å². The first-order valence-electron chi connectivity index (χ1n) is 9.05. The Morgan fingerprint density at radius 3 is 2.55 bits per heavy atom. The number of nitrogens with one attached hydrogen (secondary N) is 1. The lowest BCUT2D eigenvalue weighted by Crippen LogP contribution is -2.53. The van der Waals surface area contributed by atoms with Crippen LogP contribution in [0, 0.1) is 0 Å². The summed E-state index contributed by atoms with van der Waals surface area (Å²) in [6.45, 7) is 6.66. The van der Waals surface area contributed by atoms with Gasteiger partial charge in [-0.05, 0) is 37.5 Å². The minimum Gasteiger partial charge on any atom is -0.496 e. The van der Waals surface area contributed by atoms with E-state index in [0.717, 1.165) is 19.5 Å². The molecule has 1 heterocycles. The number of hydrogen-bond donors (Lipinski definition) is 2. The average molecular weight is 461 g/mol. The maximum Gasteiger partial charge on any atom is 0.255 e. The second kappa shape index (κ2) is 10.4. The summed E-state index contributed by atoms with van der Waals surface area (Å²) < 4.78 is 5.28. The SMILES string of the molecule is COc1cc(N)c(Cl)cc1C(=O)NCC(C)(C)N1CCc2ccccc2C1.Cl.Cl. The van der Waals surface area contributed by atoms with Crippen LogP contribution in [0.15, 0.2) is 36.4 Å². The monoisotopic (exact) mass is 459 g/mol. The van der Waals surface area contributed by atoms with Crippen LogP contribution in [0.25, 0.3) is 0 Å². The van der Waals surface area contributed by atoms with E-state index in [4.69, 9.17) is 22.1 Å². The van der Waals surface area contributed by atoms with Gasteiger partial charge >= 0.3 is 0 Å². The van der Waals surface area contributed by atoms with E-state index in [1.165, 1.54) is 18.2 Å². The fraction of sp³-hybridized carbons (Fsp3) is 0.381. The van der Waals surface area contributed by atoms with Crippen molar-refractivity contribution < 1.29 is 9.53 Å². The molecule has 1 aliphatic heterocycles. The summed E-state index contributed by atoms with van der Waals surface area (Å²) in [7, 11) is 1.51. The number of rotatable bonds is 5. The first kappa shape index (κ1) is 25.4. The van der Waals surface area contributed by atoms with E-state index in [1.807, 2.05) is 0 Å². The van der Waals surface area contributed by atoms with Crippen molar-refractivity contribution in [2.75, 3.05) is 25.9 Å². The fourth-order valence-corrected chi connectivity index (χ4v) is 3.60. The van der Waals surface area contributed by atoms with Crippen LogP contribution in [0.4, 0.5) is 5.69 Å². The predicted octanol–water partition coefficient (Wildman–Crippen LogP) is 4.34. The van der Waals surface area contributed by atoms with Crippen LogP contribution in [-0.2, 0) is 13.0 Å². The summed E-state index contributed by atoms with van der Waals surface area (Å²) in [6.07, 6.45) is 1.02. The zero-order chi connectivity index (χ0) is 19.6. The highest BCUT2D eigenvalue weighted by Gasteiger charge is 2.30. The van der Waals surface area contributed by atoms with Crippen molar-refractivity contribution in [2.45, 2.75) is 32.4 Å². The quantitative estimate of drug-likeness (QED) is 0.651. The first-order valence-corrected chi connectivity index (χ1v) is 9.42. The molecule has 8 heteroatoms. The Hall–Kier alpha value is -1.66. The van der Waals surface area contributed by atoms with Crippen LogP contribution in [0.2, 0.25) is 5.02 Å². The molecule has 3 rings (SSSR count). The highest BCUT2D eigenvalue weighted by molar-refractivity contribution is 6.33. The van der Waals surface area contributed by atoms with Crippen LogP contribution in [-0.4, -0.2) is 36.5 Å². The number of nitrogens with zero attached hydrogens (tertiary/aromatic N) is 1. The summed E-state index contributed by atoms with van der Waals surface area (Å²) in [4.78, 5) is 15.1. The van der Waals surface area contributed by atoms with Crippen LogP contribution in [0.5, 0.6) is 5.75 Å². The Bertz CT molecular complexity index is 859. The molecule has 0 bridgehead atoms. The van der Waals surface area contributed by atoms with Crippen molar-refractivity contribution in [2.24, 2.45) is 0 Å². The number of nitrogens with two attached hydrogens (primary N) is 1. The number of methoxy groups -OCH3 is 1. The summed E-state index contributed by atoms with van der Waals surface area (Å²) in [6, 6.07) is 11.7. The molecule has 0 radical (unpaired) electrons. The van der Waals surface area contributed by atoms with Gasteiger partial charge in [0.15, 0.2) is 0 Å². The number of carbonyl (C=O) groups excluding carboxylic acids is 1. The van der Waals surface area contributed by atoms with Crippen molar-refractivity contribution in [3.05, 3.63) is 58.1 Å². The third-order valence-electron chi connectivity index (χ3n) is 5.23. The van der Waals surface area contributed by atoms with E-state index in [-0.39, 0.29) is 36.3 Å². The highest BCUT2D eigenvalue weighted by Crippen LogP contribution is 2.29. The highest BCUT2D eigenvalue weighted by atomic mass is 35.5. The van der Waals surface area contributed by atoms with Gasteiger partial charge in [0, 0.05) is 31.2 Å². The number of amides is 1. The standard InChI is InChI=1S/C21H26ClN3O2.2ClH/c1-21(2,25-9-8-14-6-4-5-7-15(14)12-25)13-24-20(26)16-10-17(22)18(23)11-19(16)27-3;;/h4-7,10-11H,8-9,12-13,23H2,1-3H3,(H,24,26);2*1H. The van der Waals surface area contributed by atoms with E-state index in [2.05, 4.69) is 48.3 Å². The number of fused-ring (bicyclic) bond motifs is 1. The number of benzene rings is 2. The largest absolute Gasteiger partial charge is 0.496 e. The summed E-state index contributed by atoms with van der Waals surface area (Å²) in [5, 5.41) is 3.36. The summed E-state index contributed by atoms with van der Waals surface area (Å²) >= 11 is 6.08. The van der Waals surface area contributed by atoms with E-state index in [9.17, 15) is 4.79 Å². The molecule has 0 aromatic heterocycles. The zero-order valence-electron chi connectivity index (χ0n) is 16.8. The van der Waals surface area contributed by atoms with Gasteiger partial charge in [0.05, 0.1) is 23.4 Å². The number of nitrogen functional groups attached to an aromatic ring is 1. The van der Waals surface area contributed by atoms with Crippen LogP contribution < -0.4 is 15.8 Å². The molecule has 0 saturated carbocycles. The molecule has 0 unspecified atom stereocenters. The van der Waals surface area contributed by atoms with Gasteiger partial charge in [-0.15, -0.1) is 24.8 Å². The van der Waals surface area contributed by atoms with Gasteiger partial charge < -0.3 is 15.8 Å². The van der Waals surface area contributed by atoms with E-state index < -0.39 is 0 Å². The number of ether oxygens (including phenoxy) is 1. The Balaban J connectivity index is 0.00000210. The Labute approximate surface area is 189 Å². The molecular formula is C21H28Cl3N3O2. The molecule has 0 spiro atoms. The molecule has 160 valence electrons. The molecule has 5 nitrogen and oxygen atoms in total. The topological polar surface area (TPSA) is 67.6 Å². The van der Waals surface area contributed by atoms with E-state index in [0.29, 0.717) is 28.6 Å². The minimum atomic E-state index is -0.223. The first-order chi connectivity index (χ1) is 12.8. The lowest BCUT2D eigenvalue weighted by Gasteiger charge is -2.41. The van der Waals surface area contributed by atoms with Gasteiger partial charge in [-0.3, -0.25) is 9.69 Å². The molecule has 3 N–H and O–H groups in total. The average Bonchev–Trinajstić information content (AvgIpc) is 2.67. The molecule has 0 fully saturated rings. The molecule has 0 aliphatic carbocycles. The molecule has 0 saturated heterocycles. The van der Waals surface area contributed by atoms with Gasteiger partial charge in [0.2, 0.25) is 0 Å². The van der Waals surface area contributed by atoms with E-state index in [1.54, 1.807) is 12.1 Å². The van der Waals surface area contributed by atoms with Gasteiger partial charge in [-0.25, -0.2) is 0 Å². The molecule has 1 aliphatic rings. The summed E-state index contributed by atoms with van der Waals surface area (Å²) in [5.41, 5.74) is 9.15. The molecule has 2 aromatic rings. The number of halogens is 3. The van der Waals surface area contributed by atoms with Crippen molar-refractivity contribution in [1.82, 2.24) is 10.2 Å². The van der Waals surface area contributed by atoms with Crippen molar-refractivity contribution in [3.63, 3.8) is 0 Å². The zero-order valence-corrected chi connectivity index (χ0v) is 19.2. The Morgan fingerprint density at radius 1 is 1.24 bits per heavy atom. The molecule has 1 amide bonds. The van der Waals surface area contributed by atoms with E-state index >= 15 is 0 Å². The van der Waals surface area contributed by atoms with Crippen molar-refractivity contribution in [3.8, 4) is 5.75 Å². The van der Waals surface area contributed by atoms with Crippen LogP contribution in [0.3, 0.4) is 0 Å². The maximum atomic E-state index is 12.7. The second-order valence-corrected chi connectivity index (χ2v) is 7.92. The van der Waals surface area contributed by atoms with Crippen LogP contribution in [0.1, 0.15) is 35.3 Å². The summed E-state index contributed by atoms with van der Waals surface area (Å²) in [5.74, 6) is 0.193. The fourth-order valence-electron chi connectivity index (χ4n) is 3.43. The lowest BCUT2D eigenvalue weighted by atomic mass is 9.94. The van der Waals surface area contributed by atoms with Gasteiger partial charge in [-0.2, -0.15) is 0 Å². The van der Waals surface area contributed by atoms with Gasteiger partial charge in [0.1, 0.15) is 5.75 Å². The third-order valence-corrected chi connectivity index (χ3v) is 5.56. The van der Waals surface area contributed by atoms with Crippen LogP contribution >= 0.6 is 36.4 Å². The number of carbonyl (C=O) groups is 1.